The van der Waals surface area contributed by atoms with Gasteiger partial charge in [0.25, 0.3) is 0 Å². The number of hydrogen-bond acceptors (Lipinski definition) is 3. The zero-order valence-electron chi connectivity index (χ0n) is 8.53. The van der Waals surface area contributed by atoms with Crippen molar-refractivity contribution in [2.75, 3.05) is 13.2 Å². The van der Waals surface area contributed by atoms with E-state index in [0.717, 1.165) is 26.1 Å². The molecule has 1 aromatic heterocycles. The van der Waals surface area contributed by atoms with Crippen molar-refractivity contribution in [3.63, 3.8) is 0 Å². The monoisotopic (exact) mass is 195 g/mol. The average Bonchev–Trinajstić information content (AvgIpc) is 2.72. The minimum absolute atomic E-state index is 0.372. The zero-order valence-corrected chi connectivity index (χ0v) is 8.53. The maximum atomic E-state index is 5.31. The van der Waals surface area contributed by atoms with E-state index in [1.165, 1.54) is 5.56 Å². The molecule has 3 heteroatoms. The van der Waals surface area contributed by atoms with Crippen molar-refractivity contribution < 1.29 is 9.15 Å². The molecule has 0 saturated carbocycles. The molecule has 1 aliphatic heterocycles. The van der Waals surface area contributed by atoms with E-state index in [4.69, 9.17) is 9.15 Å². The molecule has 0 bridgehead atoms. The van der Waals surface area contributed by atoms with Gasteiger partial charge in [-0.1, -0.05) is 0 Å². The third-order valence-electron chi connectivity index (χ3n) is 2.75. The molecule has 1 atom stereocenters. The highest BCUT2D eigenvalue weighted by molar-refractivity contribution is 5.10. The fraction of sp³-hybridized carbons (Fsp3) is 0.636. The van der Waals surface area contributed by atoms with Crippen molar-refractivity contribution in [1.82, 2.24) is 5.32 Å². The van der Waals surface area contributed by atoms with Gasteiger partial charge in [0.15, 0.2) is 0 Å². The molecular formula is C11H17NO2. The molecule has 3 nitrogen and oxygen atoms in total. The first-order valence-electron chi connectivity index (χ1n) is 5.22. The summed E-state index contributed by atoms with van der Waals surface area (Å²) in [6, 6.07) is 2.97. The second-order valence-corrected chi connectivity index (χ2v) is 3.83. The van der Waals surface area contributed by atoms with Crippen LogP contribution in [-0.2, 0) is 4.74 Å². The fourth-order valence-electron chi connectivity index (χ4n) is 1.84. The van der Waals surface area contributed by atoms with E-state index in [1.807, 2.05) is 6.07 Å². The molecule has 14 heavy (non-hydrogen) atoms. The first kappa shape index (κ1) is 9.74. The maximum Gasteiger partial charge on any atom is 0.0950 e. The first-order valence-corrected chi connectivity index (χ1v) is 5.22. The highest BCUT2D eigenvalue weighted by Crippen LogP contribution is 2.16. The fourth-order valence-corrected chi connectivity index (χ4v) is 1.84. The molecule has 0 aliphatic carbocycles. The minimum atomic E-state index is 0.372. The van der Waals surface area contributed by atoms with E-state index < -0.39 is 0 Å². The molecule has 1 saturated heterocycles. The van der Waals surface area contributed by atoms with Gasteiger partial charge in [-0.3, -0.25) is 0 Å². The lowest BCUT2D eigenvalue weighted by Crippen LogP contribution is -2.36. The van der Waals surface area contributed by atoms with Crippen LogP contribution in [0.3, 0.4) is 0 Å². The Morgan fingerprint density at radius 3 is 2.86 bits per heavy atom. The van der Waals surface area contributed by atoms with E-state index in [0.29, 0.717) is 12.1 Å². The standard InChI is InChI=1S/C11H17NO2/c1-9(10-2-5-14-8-10)12-11-3-6-13-7-4-11/h2,5,8-9,11-12H,3-4,6-7H2,1H3. The largest absolute Gasteiger partial charge is 0.472 e. The normalized spacial score (nSPS) is 20.9. The van der Waals surface area contributed by atoms with Gasteiger partial charge in [0.2, 0.25) is 0 Å². The zero-order chi connectivity index (χ0) is 9.80. The number of rotatable bonds is 3. The summed E-state index contributed by atoms with van der Waals surface area (Å²) in [6.45, 7) is 3.94. The highest BCUT2D eigenvalue weighted by atomic mass is 16.5. The van der Waals surface area contributed by atoms with Crippen LogP contribution in [-0.4, -0.2) is 19.3 Å². The Bertz CT molecular complexity index is 252. The molecule has 1 unspecified atom stereocenters. The van der Waals surface area contributed by atoms with Gasteiger partial charge in [-0.2, -0.15) is 0 Å². The highest BCUT2D eigenvalue weighted by Gasteiger charge is 2.16. The Kier molecular flexibility index (Phi) is 3.22. The summed E-state index contributed by atoms with van der Waals surface area (Å²) in [5.74, 6) is 0. The third-order valence-corrected chi connectivity index (χ3v) is 2.75. The molecule has 0 aromatic carbocycles. The molecule has 78 valence electrons. The summed E-state index contributed by atoms with van der Waals surface area (Å²) in [7, 11) is 0. The molecular weight excluding hydrogens is 178 g/mol. The van der Waals surface area contributed by atoms with Crippen LogP contribution in [0, 0.1) is 0 Å². The van der Waals surface area contributed by atoms with E-state index >= 15 is 0 Å². The lowest BCUT2D eigenvalue weighted by atomic mass is 10.1. The van der Waals surface area contributed by atoms with Gasteiger partial charge in [0.1, 0.15) is 0 Å². The Balaban J connectivity index is 1.84. The van der Waals surface area contributed by atoms with Crippen molar-refractivity contribution in [2.45, 2.75) is 31.8 Å². The van der Waals surface area contributed by atoms with Crippen LogP contribution in [0.1, 0.15) is 31.4 Å². The lowest BCUT2D eigenvalue weighted by molar-refractivity contribution is 0.0754. The smallest absolute Gasteiger partial charge is 0.0950 e. The second-order valence-electron chi connectivity index (χ2n) is 3.83. The molecule has 0 radical (unpaired) electrons. The van der Waals surface area contributed by atoms with Crippen molar-refractivity contribution in [3.8, 4) is 0 Å². The van der Waals surface area contributed by atoms with Gasteiger partial charge < -0.3 is 14.5 Å². The van der Waals surface area contributed by atoms with Crippen LogP contribution in [0.4, 0.5) is 0 Å². The van der Waals surface area contributed by atoms with Crippen LogP contribution in [0.2, 0.25) is 0 Å². The summed E-state index contributed by atoms with van der Waals surface area (Å²) in [5.41, 5.74) is 1.22. The number of nitrogens with one attached hydrogen (secondary N) is 1. The van der Waals surface area contributed by atoms with E-state index in [1.54, 1.807) is 12.5 Å². The summed E-state index contributed by atoms with van der Waals surface area (Å²) in [6.07, 6.45) is 5.75. The minimum Gasteiger partial charge on any atom is -0.472 e. The Morgan fingerprint density at radius 2 is 2.21 bits per heavy atom. The number of furan rings is 1. The average molecular weight is 195 g/mol. The van der Waals surface area contributed by atoms with Crippen LogP contribution in [0.15, 0.2) is 23.0 Å². The SMILES string of the molecule is CC(NC1CCOCC1)c1ccoc1. The van der Waals surface area contributed by atoms with E-state index in [9.17, 15) is 0 Å². The van der Waals surface area contributed by atoms with E-state index in [-0.39, 0.29) is 0 Å². The summed E-state index contributed by atoms with van der Waals surface area (Å²) < 4.78 is 10.4. The first-order chi connectivity index (χ1) is 6.86. The van der Waals surface area contributed by atoms with Gasteiger partial charge in [-0.05, 0) is 25.8 Å². The quantitative estimate of drug-likeness (QED) is 0.802. The van der Waals surface area contributed by atoms with Crippen LogP contribution >= 0.6 is 0 Å². The molecule has 2 heterocycles. The predicted octanol–water partition coefficient (Wildman–Crippen LogP) is 2.11. The van der Waals surface area contributed by atoms with Crippen LogP contribution < -0.4 is 5.32 Å². The van der Waals surface area contributed by atoms with Crippen molar-refractivity contribution >= 4 is 0 Å². The molecule has 1 N–H and O–H groups in total. The predicted molar refractivity (Wildman–Crippen MR) is 54.1 cm³/mol. The maximum absolute atomic E-state index is 5.31. The van der Waals surface area contributed by atoms with Gasteiger partial charge in [-0.15, -0.1) is 0 Å². The molecule has 2 rings (SSSR count). The van der Waals surface area contributed by atoms with Gasteiger partial charge in [0.05, 0.1) is 12.5 Å². The second kappa shape index (κ2) is 4.62. The topological polar surface area (TPSA) is 34.4 Å². The molecule has 1 aliphatic rings. The molecule has 1 aromatic rings. The Labute approximate surface area is 84.4 Å². The summed E-state index contributed by atoms with van der Waals surface area (Å²) >= 11 is 0. The van der Waals surface area contributed by atoms with Crippen LogP contribution in [0.5, 0.6) is 0 Å². The molecule has 1 fully saturated rings. The van der Waals surface area contributed by atoms with E-state index in [2.05, 4.69) is 12.2 Å². The summed E-state index contributed by atoms with van der Waals surface area (Å²) in [5, 5.41) is 3.58. The molecule has 0 spiro atoms. The van der Waals surface area contributed by atoms with Crippen molar-refractivity contribution in [1.29, 1.82) is 0 Å². The molecule has 0 amide bonds. The lowest BCUT2D eigenvalue weighted by Gasteiger charge is -2.26. The van der Waals surface area contributed by atoms with Crippen molar-refractivity contribution in [2.24, 2.45) is 0 Å². The third kappa shape index (κ3) is 2.36. The van der Waals surface area contributed by atoms with Gasteiger partial charge in [-0.25, -0.2) is 0 Å². The number of ether oxygens (including phenoxy) is 1. The number of hydrogen-bond donors (Lipinski definition) is 1. The van der Waals surface area contributed by atoms with Crippen molar-refractivity contribution in [3.05, 3.63) is 24.2 Å². The Morgan fingerprint density at radius 1 is 1.43 bits per heavy atom. The van der Waals surface area contributed by atoms with Crippen LogP contribution in [0.25, 0.3) is 0 Å². The van der Waals surface area contributed by atoms with Gasteiger partial charge in [0, 0.05) is 30.9 Å². The van der Waals surface area contributed by atoms with Gasteiger partial charge >= 0.3 is 0 Å². The summed E-state index contributed by atoms with van der Waals surface area (Å²) in [4.78, 5) is 0. The Hall–Kier alpha value is -0.800.